The quantitative estimate of drug-likeness (QED) is 0.666. The van der Waals surface area contributed by atoms with Crippen LogP contribution in [0.4, 0.5) is 11.4 Å². The number of hydrogen-bond acceptors (Lipinski definition) is 6. The van der Waals surface area contributed by atoms with E-state index in [9.17, 15) is 21.6 Å². The van der Waals surface area contributed by atoms with Crippen LogP contribution in [0.5, 0.6) is 5.75 Å². The minimum absolute atomic E-state index is 0.0107. The number of carbonyl (C=O) groups is 1. The molecule has 0 radical (unpaired) electrons. The third kappa shape index (κ3) is 5.31. The first-order chi connectivity index (χ1) is 14.1. The molecule has 1 aliphatic rings. The topological polar surface area (TPSA) is 119 Å². The molecule has 0 saturated carbocycles. The molecule has 30 heavy (non-hydrogen) atoms. The van der Waals surface area contributed by atoms with Crippen LogP contribution >= 0.6 is 0 Å². The second-order valence-electron chi connectivity index (χ2n) is 7.31. The fraction of sp³-hybridized carbons (Fsp3) is 0.350. The van der Waals surface area contributed by atoms with Crippen molar-refractivity contribution in [3.05, 3.63) is 48.0 Å². The van der Waals surface area contributed by atoms with Crippen LogP contribution in [0.1, 0.15) is 18.4 Å². The monoisotopic (exact) mass is 452 g/mol. The largest absolute Gasteiger partial charge is 0.495 e. The van der Waals surface area contributed by atoms with Crippen molar-refractivity contribution in [2.45, 2.75) is 24.7 Å². The summed E-state index contributed by atoms with van der Waals surface area (Å²) in [5.74, 6) is -0.0592. The maximum Gasteiger partial charge on any atom is 0.262 e. The highest BCUT2D eigenvalue weighted by atomic mass is 32.2. The number of amides is 1. The molecule has 2 N–H and O–H groups in total. The summed E-state index contributed by atoms with van der Waals surface area (Å²) < 4.78 is 56.7. The molecule has 0 spiro atoms. The Bertz CT molecular complexity index is 1160. The maximum absolute atomic E-state index is 12.9. The molecule has 0 bridgehead atoms. The van der Waals surface area contributed by atoms with Crippen molar-refractivity contribution in [1.82, 2.24) is 0 Å². The van der Waals surface area contributed by atoms with Gasteiger partial charge >= 0.3 is 0 Å². The Morgan fingerprint density at radius 3 is 2.60 bits per heavy atom. The van der Waals surface area contributed by atoms with Crippen molar-refractivity contribution >= 4 is 37.1 Å². The maximum atomic E-state index is 12.9. The predicted octanol–water partition coefficient (Wildman–Crippen LogP) is 2.57. The third-order valence-corrected chi connectivity index (χ3v) is 8.26. The van der Waals surface area contributed by atoms with Crippen LogP contribution in [0, 0.1) is 12.8 Å². The molecule has 0 aromatic heterocycles. The smallest absolute Gasteiger partial charge is 0.262 e. The summed E-state index contributed by atoms with van der Waals surface area (Å²) in [5.41, 5.74) is 1.14. The fourth-order valence-electron chi connectivity index (χ4n) is 3.40. The van der Waals surface area contributed by atoms with Crippen LogP contribution in [-0.2, 0) is 24.7 Å². The summed E-state index contributed by atoms with van der Waals surface area (Å²) >= 11 is 0. The van der Waals surface area contributed by atoms with Crippen molar-refractivity contribution in [2.75, 3.05) is 28.7 Å². The van der Waals surface area contributed by atoms with Crippen LogP contribution in [0.2, 0.25) is 0 Å². The van der Waals surface area contributed by atoms with Gasteiger partial charge in [0.2, 0.25) is 5.91 Å². The Kier molecular flexibility index (Phi) is 6.37. The first-order valence-corrected chi connectivity index (χ1v) is 12.7. The Morgan fingerprint density at radius 1 is 1.20 bits per heavy atom. The second-order valence-corrected chi connectivity index (χ2v) is 11.2. The average molecular weight is 453 g/mol. The van der Waals surface area contributed by atoms with Gasteiger partial charge in [-0.05, 0) is 49.1 Å². The zero-order valence-corrected chi connectivity index (χ0v) is 18.3. The van der Waals surface area contributed by atoms with E-state index in [1.807, 2.05) is 0 Å². The Balaban J connectivity index is 1.76. The van der Waals surface area contributed by atoms with Crippen molar-refractivity contribution in [3.63, 3.8) is 0 Å². The van der Waals surface area contributed by atoms with Crippen molar-refractivity contribution in [1.29, 1.82) is 0 Å². The Hall–Kier alpha value is -2.59. The van der Waals surface area contributed by atoms with Gasteiger partial charge in [-0.15, -0.1) is 0 Å². The van der Waals surface area contributed by atoms with Gasteiger partial charge in [0.05, 0.1) is 29.2 Å². The van der Waals surface area contributed by atoms with Gasteiger partial charge < -0.3 is 10.1 Å². The number of methoxy groups -OCH3 is 1. The van der Waals surface area contributed by atoms with Gasteiger partial charge in [-0.2, -0.15) is 0 Å². The van der Waals surface area contributed by atoms with E-state index in [4.69, 9.17) is 4.74 Å². The first-order valence-electron chi connectivity index (χ1n) is 9.36. The highest BCUT2D eigenvalue weighted by molar-refractivity contribution is 7.92. The molecule has 1 fully saturated rings. The molecular weight excluding hydrogens is 428 g/mol. The third-order valence-electron chi connectivity index (χ3n) is 4.91. The highest BCUT2D eigenvalue weighted by Crippen LogP contribution is 2.28. The van der Waals surface area contributed by atoms with Gasteiger partial charge in [-0.3, -0.25) is 9.52 Å². The number of anilines is 2. The van der Waals surface area contributed by atoms with Crippen molar-refractivity contribution in [3.8, 4) is 5.75 Å². The Labute approximate surface area is 176 Å². The van der Waals surface area contributed by atoms with E-state index >= 15 is 0 Å². The summed E-state index contributed by atoms with van der Waals surface area (Å²) in [7, 11) is -5.54. The predicted molar refractivity (Wildman–Crippen MR) is 115 cm³/mol. The molecular formula is C20H24N2O6S2. The minimum Gasteiger partial charge on any atom is -0.495 e. The summed E-state index contributed by atoms with van der Waals surface area (Å²) in [5, 5.41) is 2.67. The number of sulfonamides is 1. The van der Waals surface area contributed by atoms with E-state index in [2.05, 4.69) is 10.0 Å². The van der Waals surface area contributed by atoms with E-state index in [1.165, 1.54) is 13.2 Å². The van der Waals surface area contributed by atoms with Gasteiger partial charge in [0, 0.05) is 12.1 Å². The lowest BCUT2D eigenvalue weighted by Gasteiger charge is -2.15. The van der Waals surface area contributed by atoms with Gasteiger partial charge in [0.25, 0.3) is 10.0 Å². The molecule has 1 heterocycles. The molecule has 1 amide bonds. The first kappa shape index (κ1) is 22.1. The Morgan fingerprint density at radius 2 is 1.93 bits per heavy atom. The average Bonchev–Trinajstić information content (AvgIpc) is 3.01. The number of benzene rings is 2. The van der Waals surface area contributed by atoms with E-state index < -0.39 is 19.9 Å². The summed E-state index contributed by atoms with van der Waals surface area (Å²) in [6.45, 7) is 1.66. The van der Waals surface area contributed by atoms with Crippen LogP contribution < -0.4 is 14.8 Å². The van der Waals surface area contributed by atoms with E-state index in [-0.39, 0.29) is 34.6 Å². The number of para-hydroxylation sites is 2. The number of carbonyl (C=O) groups excluding carboxylic acids is 1. The number of rotatable bonds is 7. The van der Waals surface area contributed by atoms with Gasteiger partial charge in [0.1, 0.15) is 5.75 Å². The molecule has 1 aliphatic heterocycles. The van der Waals surface area contributed by atoms with E-state index in [0.717, 1.165) is 0 Å². The molecule has 162 valence electrons. The van der Waals surface area contributed by atoms with Crippen LogP contribution in [0.15, 0.2) is 47.4 Å². The number of ether oxygens (including phenoxy) is 1. The SMILES string of the molecule is COc1ccccc1NS(=O)(=O)c1cc(NC(=O)CC2CCS(=O)(=O)C2)ccc1C. The highest BCUT2D eigenvalue weighted by Gasteiger charge is 2.29. The molecule has 1 unspecified atom stereocenters. The minimum atomic E-state index is -3.93. The lowest BCUT2D eigenvalue weighted by Crippen LogP contribution is -2.19. The van der Waals surface area contributed by atoms with Crippen molar-refractivity contribution in [2.24, 2.45) is 5.92 Å². The van der Waals surface area contributed by atoms with E-state index in [0.29, 0.717) is 29.1 Å². The van der Waals surface area contributed by atoms with Crippen molar-refractivity contribution < 1.29 is 26.4 Å². The summed E-state index contributed by atoms with van der Waals surface area (Å²) in [4.78, 5) is 12.3. The van der Waals surface area contributed by atoms with Crippen LogP contribution in [-0.4, -0.2) is 41.4 Å². The number of hydrogen-bond donors (Lipinski definition) is 2. The summed E-state index contributed by atoms with van der Waals surface area (Å²) in [6.07, 6.45) is 0.542. The molecule has 8 nitrogen and oxygen atoms in total. The van der Waals surface area contributed by atoms with Crippen LogP contribution in [0.3, 0.4) is 0 Å². The zero-order chi connectivity index (χ0) is 21.9. The standard InChI is InChI=1S/C20H24N2O6S2/c1-14-7-8-16(21-20(23)11-15-9-10-29(24,25)13-15)12-19(14)30(26,27)22-17-5-3-4-6-18(17)28-2/h3-8,12,15,22H,9-11,13H2,1-2H3,(H,21,23). The van der Waals surface area contributed by atoms with Crippen LogP contribution in [0.25, 0.3) is 0 Å². The fourth-order valence-corrected chi connectivity index (χ4v) is 6.61. The van der Waals surface area contributed by atoms with Gasteiger partial charge in [-0.1, -0.05) is 18.2 Å². The molecule has 1 atom stereocenters. The molecule has 1 saturated heterocycles. The lowest BCUT2D eigenvalue weighted by molar-refractivity contribution is -0.116. The zero-order valence-electron chi connectivity index (χ0n) is 16.7. The van der Waals surface area contributed by atoms with Gasteiger partial charge in [-0.25, -0.2) is 16.8 Å². The molecule has 2 aromatic rings. The number of nitrogens with one attached hydrogen (secondary N) is 2. The summed E-state index contributed by atoms with van der Waals surface area (Å²) in [6, 6.07) is 11.3. The molecule has 0 aliphatic carbocycles. The lowest BCUT2D eigenvalue weighted by atomic mass is 10.0. The van der Waals surface area contributed by atoms with E-state index in [1.54, 1.807) is 43.3 Å². The number of aryl methyl sites for hydroxylation is 1. The van der Waals surface area contributed by atoms with Gasteiger partial charge in [0.15, 0.2) is 9.84 Å². The second kappa shape index (κ2) is 8.65. The molecule has 10 heteroatoms. The normalized spacial score (nSPS) is 18.0. The molecule has 3 rings (SSSR count). The molecule has 2 aromatic carbocycles. The number of sulfone groups is 1.